The first kappa shape index (κ1) is 16.0. The number of amides is 1. The number of nitrogens with one attached hydrogen (secondary N) is 1. The SMILES string of the molecule is COc1ccc(C(C)C)cc1CCNC(=O)c1ccncc1. The number of nitrogens with zero attached hydrogens (tertiary/aromatic N) is 1. The number of benzene rings is 1. The van der Waals surface area contributed by atoms with Crippen molar-refractivity contribution in [2.24, 2.45) is 0 Å². The lowest BCUT2D eigenvalue weighted by atomic mass is 9.99. The van der Waals surface area contributed by atoms with Gasteiger partial charge in [0.2, 0.25) is 0 Å². The first-order valence-electron chi connectivity index (χ1n) is 7.47. The van der Waals surface area contributed by atoms with Crippen LogP contribution >= 0.6 is 0 Å². The van der Waals surface area contributed by atoms with E-state index < -0.39 is 0 Å². The lowest BCUT2D eigenvalue weighted by Crippen LogP contribution is -2.25. The maximum atomic E-state index is 12.0. The van der Waals surface area contributed by atoms with Gasteiger partial charge < -0.3 is 10.1 Å². The summed E-state index contributed by atoms with van der Waals surface area (Å²) in [6.45, 7) is 4.90. The highest BCUT2D eigenvalue weighted by Gasteiger charge is 2.08. The normalized spacial score (nSPS) is 10.5. The Morgan fingerprint density at radius 2 is 1.95 bits per heavy atom. The Balaban J connectivity index is 1.99. The Labute approximate surface area is 131 Å². The van der Waals surface area contributed by atoms with E-state index in [1.807, 2.05) is 6.07 Å². The number of methoxy groups -OCH3 is 1. The molecular weight excluding hydrogens is 276 g/mol. The van der Waals surface area contributed by atoms with Gasteiger partial charge in [0.15, 0.2) is 0 Å². The predicted molar refractivity (Wildman–Crippen MR) is 87.4 cm³/mol. The highest BCUT2D eigenvalue weighted by Crippen LogP contribution is 2.24. The van der Waals surface area contributed by atoms with Crippen LogP contribution in [0.15, 0.2) is 42.7 Å². The third kappa shape index (κ3) is 4.07. The van der Waals surface area contributed by atoms with E-state index in [0.717, 1.165) is 17.7 Å². The van der Waals surface area contributed by atoms with Gasteiger partial charge in [-0.25, -0.2) is 0 Å². The van der Waals surface area contributed by atoms with Gasteiger partial charge in [0.1, 0.15) is 5.75 Å². The van der Waals surface area contributed by atoms with E-state index in [2.05, 4.69) is 36.3 Å². The Kier molecular flexibility index (Phi) is 5.53. The van der Waals surface area contributed by atoms with Gasteiger partial charge in [-0.05, 0) is 41.7 Å². The Morgan fingerprint density at radius 3 is 2.59 bits per heavy atom. The standard InChI is InChI=1S/C18H22N2O2/c1-13(2)15-4-5-17(22-3)16(12-15)8-11-20-18(21)14-6-9-19-10-7-14/h4-7,9-10,12-13H,8,11H2,1-3H3,(H,20,21). The smallest absolute Gasteiger partial charge is 0.251 e. The van der Waals surface area contributed by atoms with Crippen LogP contribution in [0.25, 0.3) is 0 Å². The van der Waals surface area contributed by atoms with Crippen LogP contribution in [-0.2, 0) is 6.42 Å². The fourth-order valence-electron chi connectivity index (χ4n) is 2.27. The molecular formula is C18H22N2O2. The quantitative estimate of drug-likeness (QED) is 0.891. The summed E-state index contributed by atoms with van der Waals surface area (Å²) >= 11 is 0. The van der Waals surface area contributed by atoms with Crippen LogP contribution in [0, 0.1) is 0 Å². The molecule has 1 aromatic carbocycles. The molecule has 0 saturated heterocycles. The first-order chi connectivity index (χ1) is 10.6. The number of hydrogen-bond acceptors (Lipinski definition) is 3. The molecule has 4 heteroatoms. The van der Waals surface area contributed by atoms with Crippen molar-refractivity contribution in [1.82, 2.24) is 10.3 Å². The fraction of sp³-hybridized carbons (Fsp3) is 0.333. The van der Waals surface area contributed by atoms with Crippen LogP contribution in [0.5, 0.6) is 5.75 Å². The van der Waals surface area contributed by atoms with Crippen molar-refractivity contribution in [3.8, 4) is 5.75 Å². The van der Waals surface area contributed by atoms with Gasteiger partial charge in [0.25, 0.3) is 5.91 Å². The highest BCUT2D eigenvalue weighted by atomic mass is 16.5. The van der Waals surface area contributed by atoms with Gasteiger partial charge in [0, 0.05) is 24.5 Å². The summed E-state index contributed by atoms with van der Waals surface area (Å²) in [4.78, 5) is 15.9. The molecule has 0 aliphatic rings. The zero-order valence-electron chi connectivity index (χ0n) is 13.3. The molecule has 0 radical (unpaired) electrons. The molecule has 4 nitrogen and oxygen atoms in total. The van der Waals surface area contributed by atoms with Gasteiger partial charge in [-0.3, -0.25) is 9.78 Å². The molecule has 0 atom stereocenters. The second kappa shape index (κ2) is 7.59. The van der Waals surface area contributed by atoms with E-state index in [4.69, 9.17) is 4.74 Å². The maximum absolute atomic E-state index is 12.0. The van der Waals surface area contributed by atoms with E-state index in [1.165, 1.54) is 5.56 Å². The Hall–Kier alpha value is -2.36. The second-order valence-electron chi connectivity index (χ2n) is 5.47. The van der Waals surface area contributed by atoms with Crippen LogP contribution < -0.4 is 10.1 Å². The Bertz CT molecular complexity index is 624. The van der Waals surface area contributed by atoms with E-state index in [0.29, 0.717) is 18.0 Å². The van der Waals surface area contributed by atoms with Crippen LogP contribution in [-0.4, -0.2) is 24.5 Å². The number of aromatic nitrogens is 1. The van der Waals surface area contributed by atoms with Gasteiger partial charge >= 0.3 is 0 Å². The topological polar surface area (TPSA) is 51.2 Å². The monoisotopic (exact) mass is 298 g/mol. The number of ether oxygens (including phenoxy) is 1. The van der Waals surface area contributed by atoms with Crippen molar-refractivity contribution < 1.29 is 9.53 Å². The van der Waals surface area contributed by atoms with E-state index in [9.17, 15) is 4.79 Å². The Morgan fingerprint density at radius 1 is 1.23 bits per heavy atom. The molecule has 2 rings (SSSR count). The van der Waals surface area contributed by atoms with E-state index in [1.54, 1.807) is 31.6 Å². The molecule has 2 aromatic rings. The van der Waals surface area contributed by atoms with Gasteiger partial charge in [-0.2, -0.15) is 0 Å². The minimum Gasteiger partial charge on any atom is -0.496 e. The largest absolute Gasteiger partial charge is 0.496 e. The molecule has 116 valence electrons. The second-order valence-corrected chi connectivity index (χ2v) is 5.47. The number of pyridine rings is 1. The molecule has 22 heavy (non-hydrogen) atoms. The van der Waals surface area contributed by atoms with Crippen molar-refractivity contribution in [3.05, 3.63) is 59.4 Å². The van der Waals surface area contributed by atoms with Crippen LogP contribution in [0.2, 0.25) is 0 Å². The van der Waals surface area contributed by atoms with Crippen molar-refractivity contribution >= 4 is 5.91 Å². The average Bonchev–Trinajstić information content (AvgIpc) is 2.55. The zero-order chi connectivity index (χ0) is 15.9. The molecule has 1 N–H and O–H groups in total. The molecule has 1 heterocycles. The van der Waals surface area contributed by atoms with Gasteiger partial charge in [0.05, 0.1) is 7.11 Å². The minimum atomic E-state index is -0.0821. The molecule has 0 aliphatic heterocycles. The van der Waals surface area contributed by atoms with Crippen LogP contribution in [0.3, 0.4) is 0 Å². The maximum Gasteiger partial charge on any atom is 0.251 e. The number of hydrogen-bond donors (Lipinski definition) is 1. The lowest BCUT2D eigenvalue weighted by Gasteiger charge is -2.13. The van der Waals surface area contributed by atoms with Crippen molar-refractivity contribution in [2.75, 3.05) is 13.7 Å². The zero-order valence-corrected chi connectivity index (χ0v) is 13.3. The third-order valence-electron chi connectivity index (χ3n) is 3.59. The highest BCUT2D eigenvalue weighted by molar-refractivity contribution is 5.93. The molecule has 0 unspecified atom stereocenters. The summed E-state index contributed by atoms with van der Waals surface area (Å²) in [5, 5.41) is 2.93. The van der Waals surface area contributed by atoms with Crippen molar-refractivity contribution in [3.63, 3.8) is 0 Å². The van der Waals surface area contributed by atoms with Crippen molar-refractivity contribution in [2.45, 2.75) is 26.2 Å². The molecule has 1 amide bonds. The lowest BCUT2D eigenvalue weighted by molar-refractivity contribution is 0.0954. The number of carbonyl (C=O) groups is 1. The molecule has 0 saturated carbocycles. The van der Waals surface area contributed by atoms with Gasteiger partial charge in [-0.15, -0.1) is 0 Å². The van der Waals surface area contributed by atoms with E-state index in [-0.39, 0.29) is 5.91 Å². The van der Waals surface area contributed by atoms with Crippen LogP contribution in [0.4, 0.5) is 0 Å². The molecule has 0 spiro atoms. The predicted octanol–water partition coefficient (Wildman–Crippen LogP) is 3.19. The number of rotatable bonds is 6. The number of carbonyl (C=O) groups excluding carboxylic acids is 1. The molecule has 0 aliphatic carbocycles. The first-order valence-corrected chi connectivity index (χ1v) is 7.47. The molecule has 0 fully saturated rings. The third-order valence-corrected chi connectivity index (χ3v) is 3.59. The molecule has 0 bridgehead atoms. The summed E-state index contributed by atoms with van der Waals surface area (Å²) in [6, 6.07) is 9.64. The fourth-order valence-corrected chi connectivity index (χ4v) is 2.27. The van der Waals surface area contributed by atoms with Gasteiger partial charge in [-0.1, -0.05) is 26.0 Å². The van der Waals surface area contributed by atoms with Crippen LogP contribution in [0.1, 0.15) is 41.3 Å². The van der Waals surface area contributed by atoms with Crippen molar-refractivity contribution in [1.29, 1.82) is 0 Å². The van der Waals surface area contributed by atoms with E-state index >= 15 is 0 Å². The summed E-state index contributed by atoms with van der Waals surface area (Å²) in [5.41, 5.74) is 3.01. The average molecular weight is 298 g/mol. The molecule has 1 aromatic heterocycles. The summed E-state index contributed by atoms with van der Waals surface area (Å²) in [5.74, 6) is 1.25. The summed E-state index contributed by atoms with van der Waals surface area (Å²) in [7, 11) is 1.67. The minimum absolute atomic E-state index is 0.0821. The summed E-state index contributed by atoms with van der Waals surface area (Å²) in [6.07, 6.45) is 3.97. The summed E-state index contributed by atoms with van der Waals surface area (Å²) < 4.78 is 5.40.